The van der Waals surface area contributed by atoms with E-state index in [2.05, 4.69) is 10.4 Å². The summed E-state index contributed by atoms with van der Waals surface area (Å²) in [5.41, 5.74) is 0.306. The number of nitrogens with one attached hydrogen (secondary N) is 1. The summed E-state index contributed by atoms with van der Waals surface area (Å²) in [5, 5.41) is 17.7. The van der Waals surface area contributed by atoms with Crippen LogP contribution in [0.2, 0.25) is 0 Å². The van der Waals surface area contributed by atoms with Crippen LogP contribution in [0.4, 0.5) is 0 Å². The summed E-state index contributed by atoms with van der Waals surface area (Å²) >= 11 is 0. The minimum atomic E-state index is -0.858. The van der Waals surface area contributed by atoms with E-state index in [0.29, 0.717) is 29.3 Å². The lowest BCUT2D eigenvalue weighted by molar-refractivity contribution is -0.143. The summed E-state index contributed by atoms with van der Waals surface area (Å²) in [6.45, 7) is 0. The van der Waals surface area contributed by atoms with E-state index in [1.807, 2.05) is 0 Å². The minimum Gasteiger partial charge on any atom is -0.481 e. The normalized spacial score (nSPS) is 20.5. The highest BCUT2D eigenvalue weighted by Crippen LogP contribution is 2.24. The maximum atomic E-state index is 12.6. The third-order valence-corrected chi connectivity index (χ3v) is 5.04. The number of carbonyl (C=O) groups is 2. The summed E-state index contributed by atoms with van der Waals surface area (Å²) < 4.78 is 1.23. The zero-order chi connectivity index (χ0) is 18.7. The van der Waals surface area contributed by atoms with Crippen LogP contribution in [0.5, 0.6) is 0 Å². The van der Waals surface area contributed by atoms with Gasteiger partial charge in [-0.1, -0.05) is 37.5 Å². The van der Waals surface area contributed by atoms with Gasteiger partial charge in [-0.15, -0.1) is 0 Å². The van der Waals surface area contributed by atoms with Gasteiger partial charge in [0.25, 0.3) is 5.56 Å². The number of hydrogen-bond donors (Lipinski definition) is 2. The van der Waals surface area contributed by atoms with Gasteiger partial charge >= 0.3 is 5.97 Å². The largest absolute Gasteiger partial charge is 0.481 e. The molecule has 0 unspecified atom stereocenters. The number of amides is 1. The Balaban J connectivity index is 1.82. The van der Waals surface area contributed by atoms with Crippen molar-refractivity contribution in [1.29, 1.82) is 0 Å². The molecule has 138 valence electrons. The van der Waals surface area contributed by atoms with E-state index >= 15 is 0 Å². The number of aliphatic carboxylic acids is 1. The SMILES string of the molecule is Cn1nc(CC(=O)N[C@H]2CCCCC[C@H]2C(=O)O)c2ccccc2c1=O. The van der Waals surface area contributed by atoms with Gasteiger partial charge in [-0.25, -0.2) is 4.68 Å². The Kier molecular flexibility index (Phi) is 5.35. The molecule has 1 aromatic carbocycles. The second-order valence-corrected chi connectivity index (χ2v) is 6.85. The Morgan fingerprint density at radius 3 is 2.62 bits per heavy atom. The van der Waals surface area contributed by atoms with Crippen LogP contribution in [0, 0.1) is 5.92 Å². The van der Waals surface area contributed by atoms with Crippen molar-refractivity contribution in [3.8, 4) is 0 Å². The van der Waals surface area contributed by atoms with Crippen LogP contribution < -0.4 is 10.9 Å². The van der Waals surface area contributed by atoms with E-state index in [9.17, 15) is 19.5 Å². The first-order valence-corrected chi connectivity index (χ1v) is 8.94. The van der Waals surface area contributed by atoms with Crippen molar-refractivity contribution in [3.63, 3.8) is 0 Å². The molecule has 0 saturated heterocycles. The molecular weight excluding hydrogens is 334 g/mol. The van der Waals surface area contributed by atoms with Crippen LogP contribution in [0.15, 0.2) is 29.1 Å². The molecule has 1 amide bonds. The third kappa shape index (κ3) is 3.76. The fourth-order valence-corrected chi connectivity index (χ4v) is 3.69. The first-order chi connectivity index (χ1) is 12.5. The molecule has 1 aliphatic rings. The molecule has 0 radical (unpaired) electrons. The average molecular weight is 357 g/mol. The summed E-state index contributed by atoms with van der Waals surface area (Å²) in [6, 6.07) is 6.71. The average Bonchev–Trinajstić information content (AvgIpc) is 2.85. The van der Waals surface area contributed by atoms with Gasteiger partial charge in [-0.2, -0.15) is 5.10 Å². The van der Waals surface area contributed by atoms with Gasteiger partial charge in [0.05, 0.1) is 23.4 Å². The van der Waals surface area contributed by atoms with Gasteiger partial charge in [0.15, 0.2) is 0 Å². The molecule has 7 heteroatoms. The molecule has 26 heavy (non-hydrogen) atoms. The van der Waals surface area contributed by atoms with Gasteiger partial charge in [-0.3, -0.25) is 14.4 Å². The molecule has 1 aromatic heterocycles. The zero-order valence-corrected chi connectivity index (χ0v) is 14.8. The Morgan fingerprint density at radius 1 is 1.19 bits per heavy atom. The second kappa shape index (κ2) is 7.68. The summed E-state index contributed by atoms with van der Waals surface area (Å²) in [6.07, 6.45) is 4.04. The number of rotatable bonds is 4. The van der Waals surface area contributed by atoms with E-state index < -0.39 is 11.9 Å². The fourth-order valence-electron chi connectivity index (χ4n) is 3.69. The van der Waals surface area contributed by atoms with Gasteiger partial charge in [0, 0.05) is 18.5 Å². The molecule has 1 aliphatic carbocycles. The Morgan fingerprint density at radius 2 is 1.88 bits per heavy atom. The predicted octanol–water partition coefficient (Wildman–Crippen LogP) is 1.63. The zero-order valence-electron chi connectivity index (χ0n) is 14.8. The van der Waals surface area contributed by atoms with Crippen molar-refractivity contribution in [2.24, 2.45) is 13.0 Å². The predicted molar refractivity (Wildman–Crippen MR) is 96.8 cm³/mol. The lowest BCUT2D eigenvalue weighted by Crippen LogP contribution is -2.43. The van der Waals surface area contributed by atoms with Gasteiger partial charge in [0.2, 0.25) is 5.91 Å². The number of benzene rings is 1. The van der Waals surface area contributed by atoms with E-state index in [1.54, 1.807) is 31.3 Å². The number of aryl methyl sites for hydroxylation is 1. The highest BCUT2D eigenvalue weighted by molar-refractivity contribution is 5.88. The van der Waals surface area contributed by atoms with Crippen LogP contribution in [0.25, 0.3) is 10.8 Å². The molecule has 1 heterocycles. The number of nitrogens with zero attached hydrogens (tertiary/aromatic N) is 2. The van der Waals surface area contributed by atoms with Crippen LogP contribution in [-0.2, 0) is 23.1 Å². The van der Waals surface area contributed by atoms with Gasteiger partial charge < -0.3 is 10.4 Å². The number of carboxylic acid groups (broad SMARTS) is 1. The van der Waals surface area contributed by atoms with Crippen molar-refractivity contribution in [2.75, 3.05) is 0 Å². The first kappa shape index (κ1) is 18.1. The molecule has 1 fully saturated rings. The topological polar surface area (TPSA) is 101 Å². The molecule has 7 nitrogen and oxygen atoms in total. The standard InChI is InChI=1S/C19H23N3O4/c1-22-18(24)13-8-6-5-7-12(13)16(21-22)11-17(23)20-15-10-4-2-3-9-14(15)19(25)26/h5-8,14-15H,2-4,9-11H2,1H3,(H,20,23)(H,25,26)/t14-,15+/m1/s1. The van der Waals surface area contributed by atoms with Gasteiger partial charge in [-0.05, 0) is 18.9 Å². The number of fused-ring (bicyclic) bond motifs is 1. The highest BCUT2D eigenvalue weighted by Gasteiger charge is 2.30. The van der Waals surface area contributed by atoms with Crippen molar-refractivity contribution in [2.45, 2.75) is 44.6 Å². The van der Waals surface area contributed by atoms with Gasteiger partial charge in [0.1, 0.15) is 0 Å². The number of carboxylic acids is 1. The molecule has 0 spiro atoms. The van der Waals surface area contributed by atoms with E-state index in [0.717, 1.165) is 19.3 Å². The molecule has 2 N–H and O–H groups in total. The molecule has 0 aliphatic heterocycles. The molecular formula is C19H23N3O4. The molecule has 0 bridgehead atoms. The van der Waals surface area contributed by atoms with Crippen LogP contribution in [0.3, 0.4) is 0 Å². The molecule has 2 aromatic rings. The minimum absolute atomic E-state index is 0.0114. The summed E-state index contributed by atoms with van der Waals surface area (Å²) in [7, 11) is 1.56. The van der Waals surface area contributed by atoms with Crippen molar-refractivity contribution in [1.82, 2.24) is 15.1 Å². The van der Waals surface area contributed by atoms with Crippen LogP contribution in [0.1, 0.15) is 37.8 Å². The summed E-state index contributed by atoms with van der Waals surface area (Å²) in [5.74, 6) is -1.67. The Labute approximate surface area is 151 Å². The second-order valence-electron chi connectivity index (χ2n) is 6.85. The lowest BCUT2D eigenvalue weighted by atomic mass is 9.94. The number of hydrogen-bond acceptors (Lipinski definition) is 4. The smallest absolute Gasteiger partial charge is 0.308 e. The van der Waals surface area contributed by atoms with Crippen molar-refractivity contribution in [3.05, 3.63) is 40.3 Å². The van der Waals surface area contributed by atoms with Crippen LogP contribution >= 0.6 is 0 Å². The number of aromatic nitrogens is 2. The van der Waals surface area contributed by atoms with E-state index in [4.69, 9.17) is 0 Å². The first-order valence-electron chi connectivity index (χ1n) is 8.94. The molecule has 1 saturated carbocycles. The van der Waals surface area contributed by atoms with E-state index in [1.165, 1.54) is 4.68 Å². The van der Waals surface area contributed by atoms with E-state index in [-0.39, 0.29) is 23.9 Å². The maximum Gasteiger partial charge on any atom is 0.308 e. The van der Waals surface area contributed by atoms with Crippen molar-refractivity contribution >= 4 is 22.6 Å². The quantitative estimate of drug-likeness (QED) is 0.810. The summed E-state index contributed by atoms with van der Waals surface area (Å²) in [4.78, 5) is 36.3. The Hall–Kier alpha value is -2.70. The number of carbonyl (C=O) groups excluding carboxylic acids is 1. The highest BCUT2D eigenvalue weighted by atomic mass is 16.4. The Bertz CT molecular complexity index is 890. The molecule has 2 atom stereocenters. The maximum absolute atomic E-state index is 12.6. The fraction of sp³-hybridized carbons (Fsp3) is 0.474. The molecule has 3 rings (SSSR count). The van der Waals surface area contributed by atoms with Crippen LogP contribution in [-0.4, -0.2) is 32.8 Å². The lowest BCUT2D eigenvalue weighted by Gasteiger charge is -2.23. The monoisotopic (exact) mass is 357 g/mol. The third-order valence-electron chi connectivity index (χ3n) is 5.04. The van der Waals surface area contributed by atoms with Crippen molar-refractivity contribution < 1.29 is 14.7 Å².